The normalized spacial score (nSPS) is 18.1. The molecule has 2 fully saturated rings. The molecule has 5 rings (SSSR count). The van der Waals surface area contributed by atoms with Crippen LogP contribution in [-0.2, 0) is 16.6 Å². The number of nitrogens with two attached hydrogens (primary N) is 1. The number of hydrogen-bond acceptors (Lipinski definition) is 5. The van der Waals surface area contributed by atoms with Crippen molar-refractivity contribution in [1.82, 2.24) is 19.4 Å². The van der Waals surface area contributed by atoms with E-state index in [2.05, 4.69) is 23.2 Å². The number of ether oxygens (including phenoxy) is 1. The summed E-state index contributed by atoms with van der Waals surface area (Å²) in [6.07, 6.45) is 1.80. The first kappa shape index (κ1) is 19.7. The topological polar surface area (TPSA) is 93.7 Å². The zero-order chi connectivity index (χ0) is 21.6. The third-order valence-electron chi connectivity index (χ3n) is 6.19. The molecule has 0 bridgehead atoms. The number of nitrogens with zero attached hydrogens (tertiary/aromatic N) is 4. The van der Waals surface area contributed by atoms with Crippen LogP contribution in [0.25, 0.3) is 22.2 Å². The van der Waals surface area contributed by atoms with E-state index in [-0.39, 0.29) is 25.0 Å². The van der Waals surface area contributed by atoms with Crippen LogP contribution in [0.2, 0.25) is 0 Å². The maximum absolute atomic E-state index is 12.9. The van der Waals surface area contributed by atoms with Gasteiger partial charge in [-0.05, 0) is 35.4 Å². The van der Waals surface area contributed by atoms with Gasteiger partial charge in [0.05, 0.1) is 30.6 Å². The van der Waals surface area contributed by atoms with Crippen LogP contribution in [-0.4, -0.2) is 76.1 Å². The molecule has 0 saturated carbocycles. The summed E-state index contributed by atoms with van der Waals surface area (Å²) >= 11 is 0. The molecular formula is C23H25N5O3. The molecule has 3 heterocycles. The van der Waals surface area contributed by atoms with Crippen molar-refractivity contribution in [2.24, 2.45) is 12.8 Å². The van der Waals surface area contributed by atoms with E-state index < -0.39 is 5.54 Å². The molecule has 2 saturated heterocycles. The molecule has 8 nitrogen and oxygen atoms in total. The maximum Gasteiger partial charge on any atom is 0.253 e. The molecule has 31 heavy (non-hydrogen) atoms. The molecule has 2 aromatic carbocycles. The van der Waals surface area contributed by atoms with Crippen LogP contribution >= 0.6 is 0 Å². The largest absolute Gasteiger partial charge is 0.376 e. The third-order valence-corrected chi connectivity index (χ3v) is 6.19. The van der Waals surface area contributed by atoms with Crippen molar-refractivity contribution in [2.75, 3.05) is 39.4 Å². The molecule has 8 heteroatoms. The van der Waals surface area contributed by atoms with Crippen molar-refractivity contribution in [2.45, 2.75) is 5.54 Å². The Kier molecular flexibility index (Phi) is 4.75. The smallest absolute Gasteiger partial charge is 0.253 e. The SMILES string of the molecule is Cn1cnc2cc(-c3ccc(C(=O)N4CCN(C(=O)C5(N)COC5)CC4)cc3)ccc21. The Bertz CT molecular complexity index is 1140. The van der Waals surface area contributed by atoms with Crippen molar-refractivity contribution in [1.29, 1.82) is 0 Å². The number of aryl methyl sites for hydroxylation is 1. The number of carbonyl (C=O) groups is 2. The summed E-state index contributed by atoms with van der Waals surface area (Å²) in [6, 6.07) is 13.8. The number of benzene rings is 2. The standard InChI is InChI=1S/C23H25N5O3/c1-26-15-25-19-12-18(6-7-20(19)26)16-2-4-17(5-3-16)21(29)27-8-10-28(11-9-27)22(30)23(24)13-31-14-23/h2-7,12,15H,8-11,13-14,24H2,1H3. The zero-order valence-corrected chi connectivity index (χ0v) is 17.5. The van der Waals surface area contributed by atoms with Gasteiger partial charge >= 0.3 is 0 Å². The quantitative estimate of drug-likeness (QED) is 0.690. The predicted octanol–water partition coefficient (Wildman–Crippen LogP) is 1.25. The fourth-order valence-corrected chi connectivity index (χ4v) is 4.18. The van der Waals surface area contributed by atoms with Gasteiger partial charge in [-0.15, -0.1) is 0 Å². The van der Waals surface area contributed by atoms with Gasteiger partial charge in [-0.2, -0.15) is 0 Å². The Balaban J connectivity index is 1.24. The average Bonchev–Trinajstić information content (AvgIpc) is 3.17. The lowest BCUT2D eigenvalue weighted by Gasteiger charge is -2.43. The number of rotatable bonds is 3. The molecule has 2 amide bonds. The van der Waals surface area contributed by atoms with E-state index in [0.717, 1.165) is 22.2 Å². The van der Waals surface area contributed by atoms with E-state index in [1.54, 1.807) is 16.1 Å². The number of carbonyl (C=O) groups excluding carboxylic acids is 2. The van der Waals surface area contributed by atoms with Crippen LogP contribution in [0.15, 0.2) is 48.8 Å². The highest BCUT2D eigenvalue weighted by Gasteiger charge is 2.45. The number of aromatic nitrogens is 2. The monoisotopic (exact) mass is 419 g/mol. The van der Waals surface area contributed by atoms with Crippen LogP contribution in [0.3, 0.4) is 0 Å². The summed E-state index contributed by atoms with van der Waals surface area (Å²) in [6.45, 7) is 2.52. The second-order valence-electron chi connectivity index (χ2n) is 8.37. The third kappa shape index (κ3) is 3.47. The minimum absolute atomic E-state index is 0.0201. The van der Waals surface area contributed by atoms with Crippen LogP contribution in [0, 0.1) is 0 Å². The van der Waals surface area contributed by atoms with Crippen molar-refractivity contribution in [3.63, 3.8) is 0 Å². The van der Waals surface area contributed by atoms with Crippen LogP contribution < -0.4 is 5.73 Å². The first-order chi connectivity index (χ1) is 14.9. The van der Waals surface area contributed by atoms with Crippen molar-refractivity contribution >= 4 is 22.8 Å². The molecular weight excluding hydrogens is 394 g/mol. The van der Waals surface area contributed by atoms with E-state index in [0.29, 0.717) is 31.7 Å². The summed E-state index contributed by atoms with van der Waals surface area (Å²) in [7, 11) is 1.97. The summed E-state index contributed by atoms with van der Waals surface area (Å²) in [5.74, 6) is -0.103. The Labute approximate surface area is 180 Å². The van der Waals surface area contributed by atoms with Crippen LogP contribution in [0.5, 0.6) is 0 Å². The molecule has 0 unspecified atom stereocenters. The molecule has 2 aliphatic rings. The highest BCUT2D eigenvalue weighted by Crippen LogP contribution is 2.25. The van der Waals surface area contributed by atoms with E-state index >= 15 is 0 Å². The van der Waals surface area contributed by atoms with E-state index in [1.165, 1.54) is 0 Å². The molecule has 3 aromatic rings. The lowest BCUT2D eigenvalue weighted by Crippen LogP contribution is -2.68. The molecule has 0 aliphatic carbocycles. The number of amides is 2. The summed E-state index contributed by atoms with van der Waals surface area (Å²) < 4.78 is 7.08. The molecule has 2 aliphatic heterocycles. The summed E-state index contributed by atoms with van der Waals surface area (Å²) in [5.41, 5.74) is 9.94. The molecule has 0 radical (unpaired) electrons. The molecule has 1 aromatic heterocycles. The molecule has 0 spiro atoms. The van der Waals surface area contributed by atoms with Crippen LogP contribution in [0.4, 0.5) is 0 Å². The van der Waals surface area contributed by atoms with Gasteiger partial charge in [0.1, 0.15) is 5.54 Å². The van der Waals surface area contributed by atoms with Gasteiger partial charge in [0.15, 0.2) is 0 Å². The Morgan fingerprint density at radius 3 is 2.26 bits per heavy atom. The average molecular weight is 419 g/mol. The number of hydrogen-bond donors (Lipinski definition) is 1. The van der Waals surface area contributed by atoms with Gasteiger partial charge in [-0.3, -0.25) is 9.59 Å². The summed E-state index contributed by atoms with van der Waals surface area (Å²) in [4.78, 5) is 33.4. The lowest BCUT2D eigenvalue weighted by molar-refractivity contribution is -0.155. The maximum atomic E-state index is 12.9. The Morgan fingerprint density at radius 1 is 0.968 bits per heavy atom. The summed E-state index contributed by atoms with van der Waals surface area (Å²) in [5, 5.41) is 0. The lowest BCUT2D eigenvalue weighted by atomic mass is 9.96. The molecule has 160 valence electrons. The van der Waals surface area contributed by atoms with Crippen molar-refractivity contribution in [3.05, 3.63) is 54.4 Å². The van der Waals surface area contributed by atoms with Crippen molar-refractivity contribution < 1.29 is 14.3 Å². The fourth-order valence-electron chi connectivity index (χ4n) is 4.18. The van der Waals surface area contributed by atoms with Gasteiger partial charge in [0.25, 0.3) is 5.91 Å². The molecule has 0 atom stereocenters. The highest BCUT2D eigenvalue weighted by atomic mass is 16.5. The predicted molar refractivity (Wildman–Crippen MR) is 116 cm³/mol. The minimum atomic E-state index is -0.889. The number of piperazine rings is 1. The first-order valence-electron chi connectivity index (χ1n) is 10.4. The van der Waals surface area contributed by atoms with E-state index in [9.17, 15) is 9.59 Å². The highest BCUT2D eigenvalue weighted by molar-refractivity contribution is 5.95. The fraction of sp³-hybridized carbons (Fsp3) is 0.348. The van der Waals surface area contributed by atoms with Crippen molar-refractivity contribution in [3.8, 4) is 11.1 Å². The van der Waals surface area contributed by atoms with Crippen LogP contribution in [0.1, 0.15) is 10.4 Å². The second-order valence-corrected chi connectivity index (χ2v) is 8.37. The van der Waals surface area contributed by atoms with Gasteiger partial charge < -0.3 is 24.8 Å². The van der Waals surface area contributed by atoms with E-state index in [1.807, 2.05) is 35.9 Å². The minimum Gasteiger partial charge on any atom is -0.376 e. The molecule has 2 N–H and O–H groups in total. The van der Waals surface area contributed by atoms with Gasteiger partial charge in [-0.25, -0.2) is 4.98 Å². The number of imidazole rings is 1. The van der Waals surface area contributed by atoms with E-state index in [4.69, 9.17) is 10.5 Å². The van der Waals surface area contributed by atoms with Gasteiger partial charge in [0.2, 0.25) is 5.91 Å². The Morgan fingerprint density at radius 2 is 1.61 bits per heavy atom. The zero-order valence-electron chi connectivity index (χ0n) is 17.5. The number of fused-ring (bicyclic) bond motifs is 1. The first-order valence-corrected chi connectivity index (χ1v) is 10.4. The van der Waals surface area contributed by atoms with Gasteiger partial charge in [-0.1, -0.05) is 18.2 Å². The van der Waals surface area contributed by atoms with Gasteiger partial charge in [0, 0.05) is 38.8 Å². The Hall–Kier alpha value is -3.23. The second kappa shape index (κ2) is 7.47.